The van der Waals surface area contributed by atoms with E-state index < -0.39 is 23.5 Å². The van der Waals surface area contributed by atoms with Gasteiger partial charge in [0.05, 0.1) is 22.7 Å². The molecule has 6 nitrogen and oxygen atoms in total. The number of methoxy groups -OCH3 is 1. The van der Waals surface area contributed by atoms with Crippen LogP contribution >= 0.6 is 39.1 Å². The number of ether oxygens (including phenoxy) is 1. The zero-order valence-electron chi connectivity index (χ0n) is 16.9. The number of aliphatic hydroxyl groups is 1. The van der Waals surface area contributed by atoms with Gasteiger partial charge in [-0.05, 0) is 49.4 Å². The minimum Gasteiger partial charge on any atom is -0.507 e. The Morgan fingerprint density at radius 1 is 1.12 bits per heavy atom. The predicted octanol–water partition coefficient (Wildman–Crippen LogP) is 6.29. The van der Waals surface area contributed by atoms with Gasteiger partial charge in [-0.15, -0.1) is 0 Å². The van der Waals surface area contributed by atoms with Crippen LogP contribution in [-0.4, -0.2) is 23.9 Å². The number of rotatable bonds is 4. The monoisotopic (exact) mass is 535 g/mol. The summed E-state index contributed by atoms with van der Waals surface area (Å²) in [5.74, 6) is -0.924. The number of nitrogens with zero attached hydrogens (tertiary/aromatic N) is 1. The van der Waals surface area contributed by atoms with Crippen molar-refractivity contribution in [2.75, 3.05) is 12.0 Å². The molecule has 0 aliphatic carbocycles. The van der Waals surface area contributed by atoms with E-state index in [1.807, 2.05) is 0 Å². The molecule has 4 rings (SSSR count). The number of hydrogen-bond donors (Lipinski definition) is 1. The first kappa shape index (κ1) is 22.5. The second kappa shape index (κ2) is 8.65. The molecule has 0 spiro atoms. The zero-order chi connectivity index (χ0) is 23.2. The fourth-order valence-corrected chi connectivity index (χ4v) is 4.67. The van der Waals surface area contributed by atoms with Crippen molar-refractivity contribution < 1.29 is 23.8 Å². The van der Waals surface area contributed by atoms with E-state index in [-0.39, 0.29) is 26.9 Å². The van der Waals surface area contributed by atoms with E-state index in [1.165, 1.54) is 24.1 Å². The van der Waals surface area contributed by atoms with E-state index in [1.54, 1.807) is 43.3 Å². The van der Waals surface area contributed by atoms with Gasteiger partial charge >= 0.3 is 0 Å². The van der Waals surface area contributed by atoms with Gasteiger partial charge < -0.3 is 14.3 Å². The van der Waals surface area contributed by atoms with Crippen LogP contribution < -0.4 is 9.64 Å². The molecular formula is C23H16BrCl2NO5. The number of aryl methyl sites for hydroxylation is 1. The molecule has 9 heteroatoms. The molecular weight excluding hydrogens is 521 g/mol. The van der Waals surface area contributed by atoms with Crippen LogP contribution in [0, 0.1) is 6.92 Å². The lowest BCUT2D eigenvalue weighted by atomic mass is 9.99. The first-order chi connectivity index (χ1) is 15.2. The molecule has 1 fully saturated rings. The number of amides is 1. The Balaban J connectivity index is 1.95. The van der Waals surface area contributed by atoms with Gasteiger partial charge in [-0.2, -0.15) is 0 Å². The number of anilines is 1. The first-order valence-electron chi connectivity index (χ1n) is 9.39. The van der Waals surface area contributed by atoms with E-state index in [0.29, 0.717) is 17.2 Å². The maximum absolute atomic E-state index is 13.1. The van der Waals surface area contributed by atoms with Crippen LogP contribution in [0.3, 0.4) is 0 Å². The highest BCUT2D eigenvalue weighted by Gasteiger charge is 2.48. The summed E-state index contributed by atoms with van der Waals surface area (Å²) in [7, 11) is 1.41. The Bertz CT molecular complexity index is 1260. The number of aliphatic hydroxyl groups excluding tert-OH is 1. The summed E-state index contributed by atoms with van der Waals surface area (Å²) in [6.07, 6.45) is 0. The number of benzene rings is 2. The normalized spacial score (nSPS) is 17.8. The maximum Gasteiger partial charge on any atom is 0.300 e. The molecule has 3 aromatic rings. The second-order valence-corrected chi connectivity index (χ2v) is 8.80. The summed E-state index contributed by atoms with van der Waals surface area (Å²) in [5, 5.41) is 11.4. The van der Waals surface area contributed by atoms with Gasteiger partial charge in [0.15, 0.2) is 5.75 Å². The lowest BCUT2D eigenvalue weighted by molar-refractivity contribution is -0.132. The van der Waals surface area contributed by atoms with Gasteiger partial charge in [0.2, 0.25) is 0 Å². The van der Waals surface area contributed by atoms with Crippen molar-refractivity contribution in [1.82, 2.24) is 0 Å². The third kappa shape index (κ3) is 3.81. The highest BCUT2D eigenvalue weighted by molar-refractivity contribution is 9.10. The second-order valence-electron chi connectivity index (χ2n) is 7.07. The number of carbonyl (C=O) groups excluding carboxylic acids is 2. The van der Waals surface area contributed by atoms with Gasteiger partial charge in [0, 0.05) is 15.7 Å². The average Bonchev–Trinajstić information content (AvgIpc) is 3.28. The molecule has 2 aromatic carbocycles. The molecule has 0 radical (unpaired) electrons. The van der Waals surface area contributed by atoms with Gasteiger partial charge in [-0.25, -0.2) is 0 Å². The SMILES string of the molecule is COc1c(Cl)cc(/C(O)=C2/C(=O)C(=O)N(c3cccc(Br)c3)C2c2ccc(C)o2)cc1Cl. The molecule has 1 aliphatic heterocycles. The quantitative estimate of drug-likeness (QED) is 0.241. The third-order valence-electron chi connectivity index (χ3n) is 5.04. The fraction of sp³-hybridized carbons (Fsp3) is 0.130. The standard InChI is InChI=1S/C23H16BrCl2NO5/c1-11-6-7-17(32-11)19-18(20(28)12-8-15(25)22(31-2)16(26)9-12)21(29)23(30)27(19)14-5-3-4-13(24)10-14/h3-10,19,28H,1-2H3/b20-18-. The highest BCUT2D eigenvalue weighted by Crippen LogP contribution is 2.44. The summed E-state index contributed by atoms with van der Waals surface area (Å²) >= 11 is 15.8. The molecule has 0 saturated carbocycles. The van der Waals surface area contributed by atoms with Crippen LogP contribution in [-0.2, 0) is 9.59 Å². The number of ketones is 1. The molecule has 32 heavy (non-hydrogen) atoms. The molecule has 1 aliphatic rings. The van der Waals surface area contributed by atoms with Crippen molar-refractivity contribution in [2.45, 2.75) is 13.0 Å². The van der Waals surface area contributed by atoms with Crippen LogP contribution in [0.1, 0.15) is 23.1 Å². The largest absolute Gasteiger partial charge is 0.507 e. The van der Waals surface area contributed by atoms with Gasteiger partial charge in [0.1, 0.15) is 23.3 Å². The van der Waals surface area contributed by atoms with Gasteiger partial charge in [0.25, 0.3) is 11.7 Å². The zero-order valence-corrected chi connectivity index (χ0v) is 20.0. The van der Waals surface area contributed by atoms with Crippen LogP contribution in [0.5, 0.6) is 5.75 Å². The molecule has 2 heterocycles. The molecule has 1 aromatic heterocycles. The Labute approximate surface area is 202 Å². The van der Waals surface area contributed by atoms with E-state index in [0.717, 1.165) is 4.47 Å². The molecule has 1 unspecified atom stereocenters. The molecule has 164 valence electrons. The van der Waals surface area contributed by atoms with Crippen LogP contribution in [0.25, 0.3) is 5.76 Å². The molecule has 1 atom stereocenters. The summed E-state index contributed by atoms with van der Waals surface area (Å²) in [6.45, 7) is 1.75. The number of halogens is 3. The smallest absolute Gasteiger partial charge is 0.300 e. The molecule has 1 saturated heterocycles. The van der Waals surface area contributed by atoms with Crippen molar-refractivity contribution >= 4 is 62.3 Å². The third-order valence-corrected chi connectivity index (χ3v) is 6.09. The lowest BCUT2D eigenvalue weighted by Crippen LogP contribution is -2.29. The van der Waals surface area contributed by atoms with Crippen molar-refractivity contribution in [3.8, 4) is 5.75 Å². The Hall–Kier alpha value is -2.74. The highest BCUT2D eigenvalue weighted by atomic mass is 79.9. The van der Waals surface area contributed by atoms with Crippen molar-refractivity contribution in [2.24, 2.45) is 0 Å². The van der Waals surface area contributed by atoms with E-state index >= 15 is 0 Å². The van der Waals surface area contributed by atoms with Crippen molar-refractivity contribution in [3.63, 3.8) is 0 Å². The van der Waals surface area contributed by atoms with Crippen LogP contribution in [0.2, 0.25) is 10.0 Å². The minimum atomic E-state index is -0.988. The van der Waals surface area contributed by atoms with Crippen LogP contribution in [0.15, 0.2) is 63.0 Å². The average molecular weight is 537 g/mol. The lowest BCUT2D eigenvalue weighted by Gasteiger charge is -2.23. The van der Waals surface area contributed by atoms with Gasteiger partial charge in [-0.3, -0.25) is 14.5 Å². The van der Waals surface area contributed by atoms with Crippen LogP contribution in [0.4, 0.5) is 5.69 Å². The Morgan fingerprint density at radius 2 is 1.81 bits per heavy atom. The summed E-state index contributed by atoms with van der Waals surface area (Å²) in [6, 6.07) is 12.2. The van der Waals surface area contributed by atoms with Crippen molar-refractivity contribution in [3.05, 3.63) is 85.7 Å². The maximum atomic E-state index is 13.1. The number of hydrogen-bond acceptors (Lipinski definition) is 5. The molecule has 0 bridgehead atoms. The number of furan rings is 1. The summed E-state index contributed by atoms with van der Waals surface area (Å²) < 4.78 is 11.6. The fourth-order valence-electron chi connectivity index (χ4n) is 3.64. The summed E-state index contributed by atoms with van der Waals surface area (Å²) in [4.78, 5) is 27.5. The number of Topliss-reactive ketones (excluding diaryl/α,β-unsaturated/α-hetero) is 1. The summed E-state index contributed by atoms with van der Waals surface area (Å²) in [5.41, 5.74) is 0.494. The van der Waals surface area contributed by atoms with Gasteiger partial charge in [-0.1, -0.05) is 45.2 Å². The van der Waals surface area contributed by atoms with E-state index in [4.69, 9.17) is 32.4 Å². The minimum absolute atomic E-state index is 0.137. The molecule has 1 N–H and O–H groups in total. The predicted molar refractivity (Wildman–Crippen MR) is 125 cm³/mol. The number of carbonyl (C=O) groups is 2. The first-order valence-corrected chi connectivity index (χ1v) is 10.9. The Morgan fingerprint density at radius 3 is 2.38 bits per heavy atom. The van der Waals surface area contributed by atoms with E-state index in [9.17, 15) is 14.7 Å². The Kier molecular flexibility index (Phi) is 6.07. The van der Waals surface area contributed by atoms with E-state index in [2.05, 4.69) is 15.9 Å². The molecule has 1 amide bonds. The topological polar surface area (TPSA) is 80.0 Å². The van der Waals surface area contributed by atoms with Crippen molar-refractivity contribution in [1.29, 1.82) is 0 Å².